The smallest absolute Gasteiger partial charge is 0.212 e. The first-order valence-corrected chi connectivity index (χ1v) is 6.38. The van der Waals surface area contributed by atoms with Crippen LogP contribution in [0, 0.1) is 5.92 Å². The zero-order valence-corrected chi connectivity index (χ0v) is 11.1. The number of allylic oxidation sites excluding steroid dienone is 4. The number of Topliss-reactive ketones (excluding diaryl/α,β-unsaturated/α-hetero) is 1. The summed E-state index contributed by atoms with van der Waals surface area (Å²) in [4.78, 5) is 12.2. The third-order valence-corrected chi connectivity index (χ3v) is 3.54. The first-order valence-electron chi connectivity index (χ1n) is 6.38. The van der Waals surface area contributed by atoms with Gasteiger partial charge in [-0.25, -0.2) is 0 Å². The summed E-state index contributed by atoms with van der Waals surface area (Å²) in [7, 11) is 0. The highest BCUT2D eigenvalue weighted by atomic mass is 16.5. The van der Waals surface area contributed by atoms with E-state index >= 15 is 0 Å². The summed E-state index contributed by atoms with van der Waals surface area (Å²) < 4.78 is 5.44. The number of aliphatic hydroxyl groups excluding tert-OH is 3. The molecule has 0 aromatic heterocycles. The molecule has 1 aromatic rings. The molecule has 0 saturated heterocycles. The van der Waals surface area contributed by atoms with Crippen molar-refractivity contribution in [3.05, 3.63) is 52.9 Å². The molecule has 22 heavy (non-hydrogen) atoms. The lowest BCUT2D eigenvalue weighted by Gasteiger charge is -2.28. The van der Waals surface area contributed by atoms with Gasteiger partial charge in [-0.15, -0.1) is 0 Å². The van der Waals surface area contributed by atoms with Crippen LogP contribution in [0.5, 0.6) is 11.5 Å². The molecule has 0 bridgehead atoms. The SMILES string of the molecule is O=C1C(O)=C(c2ccc(O)c(O)c2)OC2=CC(O)=C(O)CC12. The fourth-order valence-electron chi connectivity index (χ4n) is 2.34. The second kappa shape index (κ2) is 4.73. The molecule has 5 N–H and O–H groups in total. The number of ketones is 1. The maximum atomic E-state index is 12.2. The number of ether oxygens (including phenoxy) is 1. The van der Waals surface area contributed by atoms with Crippen LogP contribution in [0.1, 0.15) is 12.0 Å². The Hall–Kier alpha value is -3.09. The highest BCUT2D eigenvalue weighted by molar-refractivity contribution is 6.04. The number of carbonyl (C=O) groups is 1. The van der Waals surface area contributed by atoms with Gasteiger partial charge in [0, 0.05) is 18.1 Å². The van der Waals surface area contributed by atoms with Crippen LogP contribution in [-0.2, 0) is 9.53 Å². The Labute approximate surface area is 124 Å². The van der Waals surface area contributed by atoms with Gasteiger partial charge in [-0.05, 0) is 18.2 Å². The third-order valence-electron chi connectivity index (χ3n) is 3.54. The van der Waals surface area contributed by atoms with Gasteiger partial charge in [0.25, 0.3) is 0 Å². The molecule has 0 spiro atoms. The quantitative estimate of drug-likeness (QED) is 0.503. The van der Waals surface area contributed by atoms with E-state index in [1.807, 2.05) is 0 Å². The number of phenols is 2. The molecule has 2 aliphatic rings. The van der Waals surface area contributed by atoms with Crippen molar-refractivity contribution in [1.29, 1.82) is 0 Å². The number of benzene rings is 1. The fourth-order valence-corrected chi connectivity index (χ4v) is 2.34. The zero-order valence-electron chi connectivity index (χ0n) is 11.1. The Morgan fingerprint density at radius 3 is 2.45 bits per heavy atom. The van der Waals surface area contributed by atoms with E-state index in [1.165, 1.54) is 12.1 Å². The van der Waals surface area contributed by atoms with Crippen molar-refractivity contribution in [2.75, 3.05) is 0 Å². The minimum absolute atomic E-state index is 0.0839. The van der Waals surface area contributed by atoms with Crippen molar-refractivity contribution in [1.82, 2.24) is 0 Å². The number of hydrogen-bond donors (Lipinski definition) is 5. The standard InChI is InChI=1S/C15H12O7/c16-8-2-1-6(3-9(8)17)15-14(21)13(20)7-4-10(18)11(19)5-12(7)22-15/h1-3,5,7,16-19,21H,4H2. The average molecular weight is 304 g/mol. The second-order valence-electron chi connectivity index (χ2n) is 4.98. The summed E-state index contributed by atoms with van der Waals surface area (Å²) in [5.41, 5.74) is 0.179. The molecule has 0 fully saturated rings. The molecule has 1 heterocycles. The average Bonchev–Trinajstić information content (AvgIpc) is 2.48. The molecule has 1 unspecified atom stereocenters. The van der Waals surface area contributed by atoms with E-state index in [4.69, 9.17) is 4.74 Å². The zero-order chi connectivity index (χ0) is 16.0. The van der Waals surface area contributed by atoms with Crippen molar-refractivity contribution in [2.24, 2.45) is 5.92 Å². The summed E-state index contributed by atoms with van der Waals surface area (Å²) in [5, 5.41) is 47.8. The lowest BCUT2D eigenvalue weighted by molar-refractivity contribution is -0.122. The van der Waals surface area contributed by atoms with Gasteiger partial charge in [0.1, 0.15) is 11.5 Å². The van der Waals surface area contributed by atoms with Gasteiger partial charge in [0.15, 0.2) is 23.0 Å². The molecule has 0 radical (unpaired) electrons. The maximum Gasteiger partial charge on any atom is 0.212 e. The van der Waals surface area contributed by atoms with Crippen LogP contribution in [0.3, 0.4) is 0 Å². The van der Waals surface area contributed by atoms with Gasteiger partial charge in [0.2, 0.25) is 11.5 Å². The predicted molar refractivity (Wildman–Crippen MR) is 73.9 cm³/mol. The van der Waals surface area contributed by atoms with E-state index in [0.717, 1.165) is 12.1 Å². The van der Waals surface area contributed by atoms with Gasteiger partial charge in [-0.3, -0.25) is 4.79 Å². The van der Waals surface area contributed by atoms with Gasteiger partial charge < -0.3 is 30.3 Å². The minimum Gasteiger partial charge on any atom is -0.508 e. The first kappa shape index (κ1) is 13.9. The maximum absolute atomic E-state index is 12.2. The van der Waals surface area contributed by atoms with Crippen molar-refractivity contribution in [2.45, 2.75) is 6.42 Å². The highest BCUT2D eigenvalue weighted by Gasteiger charge is 2.39. The van der Waals surface area contributed by atoms with Crippen molar-refractivity contribution in [3.63, 3.8) is 0 Å². The van der Waals surface area contributed by atoms with Gasteiger partial charge in [0.05, 0.1) is 5.92 Å². The fraction of sp³-hybridized carbons (Fsp3) is 0.133. The molecular formula is C15H12O7. The second-order valence-corrected chi connectivity index (χ2v) is 4.98. The minimum atomic E-state index is -0.912. The predicted octanol–water partition coefficient (Wildman–Crippen LogP) is 2.16. The van der Waals surface area contributed by atoms with Crippen molar-refractivity contribution in [3.8, 4) is 11.5 Å². The molecule has 114 valence electrons. The molecule has 7 nitrogen and oxygen atoms in total. The molecule has 1 aliphatic carbocycles. The summed E-state index contributed by atoms with van der Waals surface area (Å²) in [6.07, 6.45) is 0.933. The lowest BCUT2D eigenvalue weighted by atomic mass is 9.88. The van der Waals surface area contributed by atoms with E-state index in [9.17, 15) is 30.3 Å². The Morgan fingerprint density at radius 2 is 1.77 bits per heavy atom. The lowest BCUT2D eigenvalue weighted by Crippen LogP contribution is -2.28. The molecule has 7 heteroatoms. The van der Waals surface area contributed by atoms with E-state index < -0.39 is 29.0 Å². The Bertz CT molecular complexity index is 770. The Kier molecular flexibility index (Phi) is 2.98. The van der Waals surface area contributed by atoms with Crippen LogP contribution >= 0.6 is 0 Å². The Morgan fingerprint density at radius 1 is 1.05 bits per heavy atom. The van der Waals surface area contributed by atoms with Gasteiger partial charge in [-0.2, -0.15) is 0 Å². The molecule has 1 atom stereocenters. The summed E-state index contributed by atoms with van der Waals surface area (Å²) in [6, 6.07) is 3.67. The molecular weight excluding hydrogens is 292 g/mol. The number of phenolic OH excluding ortho intramolecular Hbond substituents is 2. The normalized spacial score (nSPS) is 21.4. The third kappa shape index (κ3) is 2.03. The van der Waals surface area contributed by atoms with Crippen molar-refractivity contribution < 1.29 is 35.1 Å². The van der Waals surface area contributed by atoms with Gasteiger partial charge in [-0.1, -0.05) is 0 Å². The van der Waals surface area contributed by atoms with Crippen LogP contribution in [0.2, 0.25) is 0 Å². The van der Waals surface area contributed by atoms with Crippen LogP contribution in [-0.4, -0.2) is 31.3 Å². The van der Waals surface area contributed by atoms with E-state index in [-0.39, 0.29) is 35.0 Å². The van der Waals surface area contributed by atoms with Crippen LogP contribution in [0.15, 0.2) is 47.3 Å². The van der Waals surface area contributed by atoms with Crippen molar-refractivity contribution >= 4 is 11.5 Å². The number of rotatable bonds is 1. The first-order chi connectivity index (χ1) is 10.4. The monoisotopic (exact) mass is 304 g/mol. The van der Waals surface area contributed by atoms with Gasteiger partial charge >= 0.3 is 0 Å². The molecule has 0 amide bonds. The number of fused-ring (bicyclic) bond motifs is 1. The number of carbonyl (C=O) groups excluding carboxylic acids is 1. The van der Waals surface area contributed by atoms with E-state index in [0.29, 0.717) is 0 Å². The molecule has 1 aromatic carbocycles. The van der Waals surface area contributed by atoms with Crippen LogP contribution < -0.4 is 0 Å². The summed E-state index contributed by atoms with van der Waals surface area (Å²) in [5.74, 6) is -3.90. The van der Waals surface area contributed by atoms with Crippen LogP contribution in [0.25, 0.3) is 5.76 Å². The largest absolute Gasteiger partial charge is 0.508 e. The molecule has 3 rings (SSSR count). The van der Waals surface area contributed by atoms with Crippen LogP contribution in [0.4, 0.5) is 0 Å². The summed E-state index contributed by atoms with van der Waals surface area (Å²) in [6.45, 7) is 0. The van der Waals surface area contributed by atoms with E-state index in [1.54, 1.807) is 0 Å². The topological polar surface area (TPSA) is 127 Å². The number of hydrogen-bond acceptors (Lipinski definition) is 7. The number of aliphatic hydroxyl groups is 3. The van der Waals surface area contributed by atoms with E-state index in [2.05, 4.69) is 0 Å². The molecule has 1 aliphatic heterocycles. The summed E-state index contributed by atoms with van der Waals surface area (Å²) >= 11 is 0. The number of aromatic hydroxyl groups is 2. The molecule has 0 saturated carbocycles. The Balaban J connectivity index is 2.07. The highest BCUT2D eigenvalue weighted by Crippen LogP contribution is 2.40.